The number of aryl methyl sites for hydroxylation is 4. The number of fused-ring (bicyclic) bond motifs is 1. The van der Waals surface area contributed by atoms with E-state index in [1.165, 1.54) is 189 Å². The quantitative estimate of drug-likeness (QED) is 0.0450. The lowest BCUT2D eigenvalue weighted by Gasteiger charge is -2.04. The Hall–Kier alpha value is -1.68. The SMILES string of the molecule is CCCCCCc1cc(-c2sccc2CCCCCC)sc1C1=S=C(c2sc(-c3sccc3CCCCCC)cc2CCCCCC)c2nsnc21. The van der Waals surface area contributed by atoms with Crippen LogP contribution in [0.5, 0.6) is 0 Å². The van der Waals surface area contributed by atoms with E-state index in [-0.39, 0.29) is 0 Å². The molecule has 5 aromatic rings. The van der Waals surface area contributed by atoms with Crippen molar-refractivity contribution in [3.8, 4) is 19.5 Å². The highest BCUT2D eigenvalue weighted by Gasteiger charge is 2.31. The summed E-state index contributed by atoms with van der Waals surface area (Å²) in [6.45, 7) is 9.23. The summed E-state index contributed by atoms with van der Waals surface area (Å²) in [7, 11) is 1.98. The van der Waals surface area contributed by atoms with Crippen molar-refractivity contribution < 1.29 is 0 Å². The van der Waals surface area contributed by atoms with E-state index in [9.17, 15) is 0 Å². The van der Waals surface area contributed by atoms with Crippen LogP contribution in [-0.4, -0.2) is 18.5 Å². The average Bonchev–Trinajstić information content (AvgIpc) is 4.00. The Labute approximate surface area is 338 Å². The maximum atomic E-state index is 5.03. The summed E-state index contributed by atoms with van der Waals surface area (Å²) in [5.74, 6) is 0. The predicted molar refractivity (Wildman–Crippen MR) is 241 cm³/mol. The van der Waals surface area contributed by atoms with Gasteiger partial charge in [-0.3, -0.25) is 0 Å². The normalized spacial score (nSPS) is 12.7. The third-order valence-electron chi connectivity index (χ3n) is 10.3. The Kier molecular flexibility index (Phi) is 16.0. The molecule has 0 spiro atoms. The van der Waals surface area contributed by atoms with Crippen LogP contribution >= 0.6 is 68.0 Å². The zero-order valence-electron chi connectivity index (χ0n) is 32.0. The van der Waals surface area contributed by atoms with Crippen LogP contribution in [0.25, 0.3) is 19.5 Å². The molecule has 0 fully saturated rings. The van der Waals surface area contributed by atoms with Gasteiger partial charge >= 0.3 is 0 Å². The Morgan fingerprint density at radius 3 is 1.21 bits per heavy atom. The Balaban J connectivity index is 1.40. The zero-order valence-corrected chi connectivity index (χ0v) is 36.8. The third kappa shape index (κ3) is 9.94. The number of rotatable bonds is 24. The fraction of sp³-hybridized carbons (Fsp3) is 0.545. The van der Waals surface area contributed by atoms with Crippen molar-refractivity contribution in [2.75, 3.05) is 0 Å². The van der Waals surface area contributed by atoms with Crippen molar-refractivity contribution in [2.24, 2.45) is 0 Å². The second kappa shape index (κ2) is 20.8. The molecule has 0 aliphatic carbocycles. The molecule has 6 rings (SSSR count). The first-order valence-corrected chi connectivity index (χ1v) is 25.2. The van der Waals surface area contributed by atoms with Gasteiger partial charge in [-0.05, 0) is 109 Å². The van der Waals surface area contributed by atoms with Crippen LogP contribution in [0.15, 0.2) is 35.0 Å². The van der Waals surface area contributed by atoms with Gasteiger partial charge in [0.15, 0.2) is 0 Å². The number of nitrogens with zero attached hydrogens (tertiary/aromatic N) is 2. The monoisotopic (exact) mass is 806 g/mol. The fourth-order valence-electron chi connectivity index (χ4n) is 7.30. The molecule has 0 bridgehead atoms. The van der Waals surface area contributed by atoms with Crippen LogP contribution in [0.1, 0.15) is 174 Å². The molecule has 1 aliphatic heterocycles. The molecular formula is C44H58N2S6. The molecule has 8 heteroatoms. The maximum absolute atomic E-state index is 5.03. The highest BCUT2D eigenvalue weighted by Crippen LogP contribution is 2.43. The molecular weight excluding hydrogens is 749 g/mol. The summed E-state index contributed by atoms with van der Waals surface area (Å²) in [6, 6.07) is 9.89. The van der Waals surface area contributed by atoms with E-state index >= 15 is 0 Å². The third-order valence-corrected chi connectivity index (χ3v) is 16.9. The van der Waals surface area contributed by atoms with Gasteiger partial charge in [-0.1, -0.05) is 105 Å². The minimum Gasteiger partial charge on any atom is -0.171 e. The minimum absolute atomic E-state index is 1.12. The summed E-state index contributed by atoms with van der Waals surface area (Å²) in [5, 5.41) is 4.63. The van der Waals surface area contributed by atoms with E-state index in [1.807, 2.05) is 56.3 Å². The number of hydrogen-bond donors (Lipinski definition) is 0. The highest BCUT2D eigenvalue weighted by atomic mass is 32.1. The van der Waals surface area contributed by atoms with Gasteiger partial charge in [0, 0.05) is 19.5 Å². The molecule has 0 saturated heterocycles. The molecule has 0 saturated carbocycles. The molecule has 280 valence electrons. The average molecular weight is 807 g/mol. The van der Waals surface area contributed by atoms with E-state index < -0.39 is 0 Å². The van der Waals surface area contributed by atoms with Gasteiger partial charge in [-0.15, -0.1) is 56.3 Å². The molecule has 0 N–H and O–H groups in total. The van der Waals surface area contributed by atoms with Gasteiger partial charge in [-0.25, -0.2) is 0 Å². The van der Waals surface area contributed by atoms with Gasteiger partial charge in [0.1, 0.15) is 11.4 Å². The lowest BCUT2D eigenvalue weighted by molar-refractivity contribution is 0.667. The largest absolute Gasteiger partial charge is 0.171 e. The van der Waals surface area contributed by atoms with E-state index in [4.69, 9.17) is 8.75 Å². The zero-order chi connectivity index (χ0) is 36.1. The molecule has 0 radical (unpaired) electrons. The number of unbranched alkanes of at least 4 members (excludes halogenated alkanes) is 12. The fourth-order valence-corrected chi connectivity index (χ4v) is 14.1. The summed E-state index contributed by atoms with van der Waals surface area (Å²) in [4.78, 5) is 11.5. The standard InChI is InChI=1S/C44H58N2S6/c1-5-9-13-17-21-31-25-27-47-39(31)35-29-33(23-19-15-11-7-3)41(49-35)43-37-38(46-52-45-37)44(51-43)42-34(24-20-16-12-8-4)30-36(50-42)40-32(26-28-48-40)22-18-14-10-6-2/h25-30H,5-24H2,1-4H3. The predicted octanol–water partition coefficient (Wildman–Crippen LogP) is 15.5. The molecule has 5 aromatic heterocycles. The van der Waals surface area contributed by atoms with Crippen LogP contribution in [0.2, 0.25) is 0 Å². The number of aromatic nitrogens is 2. The topological polar surface area (TPSA) is 25.8 Å². The molecule has 6 heterocycles. The number of hydrogen-bond acceptors (Lipinski definition) is 7. The second-order valence-corrected chi connectivity index (χ2v) is 19.9. The Morgan fingerprint density at radius 2 is 0.827 bits per heavy atom. The van der Waals surface area contributed by atoms with Crippen molar-refractivity contribution >= 4 is 77.7 Å². The Morgan fingerprint density at radius 1 is 0.442 bits per heavy atom. The maximum Gasteiger partial charge on any atom is 0.124 e. The van der Waals surface area contributed by atoms with Crippen molar-refractivity contribution in [3.05, 3.63) is 78.4 Å². The van der Waals surface area contributed by atoms with Crippen molar-refractivity contribution in [2.45, 2.75) is 156 Å². The van der Waals surface area contributed by atoms with Crippen molar-refractivity contribution in [1.29, 1.82) is 0 Å². The molecule has 0 amide bonds. The smallest absolute Gasteiger partial charge is 0.124 e. The molecule has 1 aliphatic rings. The number of thiophene rings is 4. The molecule has 52 heavy (non-hydrogen) atoms. The first-order chi connectivity index (χ1) is 25.7. The first kappa shape index (κ1) is 40.0. The van der Waals surface area contributed by atoms with E-state index in [2.05, 4.69) is 62.7 Å². The van der Waals surface area contributed by atoms with Gasteiger partial charge in [0.2, 0.25) is 0 Å². The van der Waals surface area contributed by atoms with E-state index in [0.717, 1.165) is 24.2 Å². The van der Waals surface area contributed by atoms with Crippen molar-refractivity contribution in [1.82, 2.24) is 8.75 Å². The minimum atomic E-state index is 1.12. The molecule has 0 unspecified atom stereocenters. The van der Waals surface area contributed by atoms with Crippen molar-refractivity contribution in [3.63, 3.8) is 0 Å². The molecule has 0 atom stereocenters. The van der Waals surface area contributed by atoms with Crippen LogP contribution < -0.4 is 0 Å². The Bertz CT molecular complexity index is 1770. The van der Waals surface area contributed by atoms with E-state index in [0.29, 0.717) is 0 Å². The first-order valence-electron chi connectivity index (χ1n) is 20.3. The molecule has 0 aromatic carbocycles. The van der Waals surface area contributed by atoms with Crippen LogP contribution in [-0.2, 0) is 25.7 Å². The van der Waals surface area contributed by atoms with Gasteiger partial charge in [0.05, 0.1) is 31.2 Å². The summed E-state index contributed by atoms with van der Waals surface area (Å²) < 4.78 is 10.1. The van der Waals surface area contributed by atoms with Crippen LogP contribution in [0, 0.1) is 0 Å². The lowest BCUT2D eigenvalue weighted by Crippen LogP contribution is -2.04. The lowest BCUT2D eigenvalue weighted by atomic mass is 10.0. The van der Waals surface area contributed by atoms with Gasteiger partial charge < -0.3 is 0 Å². The second-order valence-electron chi connectivity index (χ2n) is 14.4. The molecule has 2 nitrogen and oxygen atoms in total. The highest BCUT2D eigenvalue weighted by molar-refractivity contribution is 8.00. The summed E-state index contributed by atoms with van der Waals surface area (Å²) >= 11 is 9.31. The van der Waals surface area contributed by atoms with Crippen LogP contribution in [0.4, 0.5) is 0 Å². The van der Waals surface area contributed by atoms with Gasteiger partial charge in [-0.2, -0.15) is 8.75 Å². The van der Waals surface area contributed by atoms with Crippen LogP contribution in [0.3, 0.4) is 0 Å². The van der Waals surface area contributed by atoms with Gasteiger partial charge in [0.25, 0.3) is 0 Å². The summed E-state index contributed by atoms with van der Waals surface area (Å²) in [5.41, 5.74) is 8.36. The summed E-state index contributed by atoms with van der Waals surface area (Å²) in [6.07, 6.45) is 25.4. The van der Waals surface area contributed by atoms with E-state index in [1.54, 1.807) is 0 Å².